The van der Waals surface area contributed by atoms with Gasteiger partial charge in [-0.05, 0) is 60.0 Å². The minimum atomic E-state index is -1.68. The minimum Gasteiger partial charge on any atom is -0.507 e. The van der Waals surface area contributed by atoms with Gasteiger partial charge in [-0.25, -0.2) is 0 Å². The fourth-order valence-electron chi connectivity index (χ4n) is 3.88. The van der Waals surface area contributed by atoms with Crippen molar-refractivity contribution in [2.45, 2.75) is 64.4 Å². The van der Waals surface area contributed by atoms with Crippen LogP contribution >= 0.6 is 11.8 Å². The maximum absolute atomic E-state index is 10.2. The number of benzene rings is 2. The van der Waals surface area contributed by atoms with Gasteiger partial charge in [0.15, 0.2) is 0 Å². The number of rotatable bonds is 6. The fraction of sp³-hybridized carbons (Fsp3) is 0.455. The summed E-state index contributed by atoms with van der Waals surface area (Å²) in [5.41, 5.74) is 4.58. The molecule has 2 rings (SSSR count). The highest BCUT2D eigenvalue weighted by Crippen LogP contribution is 2.39. The predicted molar refractivity (Wildman–Crippen MR) is 115 cm³/mol. The zero-order valence-corrected chi connectivity index (χ0v) is 18.5. The molecule has 0 unspecified atom stereocenters. The molecular formula is C22H32OSSi. The first kappa shape index (κ1) is 20.1. The monoisotopic (exact) mass is 372 g/mol. The lowest BCUT2D eigenvalue weighted by Gasteiger charge is -2.40. The summed E-state index contributed by atoms with van der Waals surface area (Å²) in [7, 11) is -1.68. The van der Waals surface area contributed by atoms with E-state index < -0.39 is 8.07 Å². The zero-order chi connectivity index (χ0) is 18.8. The second kappa shape index (κ2) is 8.01. The molecule has 0 aliphatic rings. The van der Waals surface area contributed by atoms with E-state index in [0.717, 1.165) is 11.1 Å². The SMILES string of the molecule is Cc1cc(SC[Si](c2ccccc2)(C(C)C)C(C)C)c(C)c(C)c1O. The summed E-state index contributed by atoms with van der Waals surface area (Å²) >= 11 is 1.99. The average Bonchev–Trinajstić information content (AvgIpc) is 2.58. The largest absolute Gasteiger partial charge is 0.507 e. The van der Waals surface area contributed by atoms with Crippen molar-refractivity contribution in [3.05, 3.63) is 53.1 Å². The molecule has 0 radical (unpaired) electrons. The van der Waals surface area contributed by atoms with Crippen LogP contribution in [-0.2, 0) is 0 Å². The molecule has 0 saturated heterocycles. The first-order chi connectivity index (χ1) is 11.7. The summed E-state index contributed by atoms with van der Waals surface area (Å²) in [4.78, 5) is 1.32. The van der Waals surface area contributed by atoms with Crippen LogP contribution in [-0.4, -0.2) is 18.6 Å². The summed E-state index contributed by atoms with van der Waals surface area (Å²) in [6.45, 7) is 15.8. The lowest BCUT2D eigenvalue weighted by atomic mass is 10.1. The number of phenols is 1. The Kier molecular flexibility index (Phi) is 6.44. The van der Waals surface area contributed by atoms with Gasteiger partial charge in [0.1, 0.15) is 13.8 Å². The van der Waals surface area contributed by atoms with E-state index in [-0.39, 0.29) is 0 Å². The third-order valence-corrected chi connectivity index (χ3v) is 14.6. The van der Waals surface area contributed by atoms with E-state index in [1.54, 1.807) is 5.19 Å². The van der Waals surface area contributed by atoms with Crippen molar-refractivity contribution in [1.82, 2.24) is 0 Å². The molecule has 0 saturated carbocycles. The van der Waals surface area contributed by atoms with E-state index in [2.05, 4.69) is 71.0 Å². The standard InChI is InChI=1S/C22H32OSSi/c1-15(2)25(16(3)4,20-11-9-8-10-12-20)14-24-21-13-17(5)22(23)19(7)18(21)6/h8-13,15-16,23H,14H2,1-7H3. The van der Waals surface area contributed by atoms with E-state index in [1.807, 2.05) is 25.6 Å². The molecule has 0 aromatic heterocycles. The number of hydrogen-bond donors (Lipinski definition) is 1. The van der Waals surface area contributed by atoms with E-state index in [9.17, 15) is 5.11 Å². The highest BCUT2D eigenvalue weighted by atomic mass is 32.2. The molecule has 1 nitrogen and oxygen atoms in total. The Labute approximate surface area is 158 Å². The number of thioether (sulfide) groups is 1. The molecule has 3 heteroatoms. The van der Waals surface area contributed by atoms with Crippen molar-refractivity contribution in [2.24, 2.45) is 0 Å². The Morgan fingerprint density at radius 3 is 2.00 bits per heavy atom. The molecule has 2 aromatic carbocycles. The molecule has 0 fully saturated rings. The Hall–Kier alpha value is -1.19. The second-order valence-electron chi connectivity index (χ2n) is 7.79. The summed E-state index contributed by atoms with van der Waals surface area (Å²) in [5, 5.41) is 12.9. The first-order valence-electron chi connectivity index (χ1n) is 9.19. The second-order valence-corrected chi connectivity index (χ2v) is 14.6. The van der Waals surface area contributed by atoms with Crippen LogP contribution in [0, 0.1) is 20.8 Å². The molecule has 1 N–H and O–H groups in total. The maximum atomic E-state index is 10.2. The Morgan fingerprint density at radius 1 is 0.920 bits per heavy atom. The minimum absolute atomic E-state index is 0.445. The van der Waals surface area contributed by atoms with Crippen LogP contribution in [0.2, 0.25) is 11.1 Å². The van der Waals surface area contributed by atoms with Crippen molar-refractivity contribution >= 4 is 25.0 Å². The molecular weight excluding hydrogens is 340 g/mol. The quantitative estimate of drug-likeness (QED) is 0.486. The fourth-order valence-corrected chi connectivity index (χ4v) is 12.9. The van der Waals surface area contributed by atoms with Crippen molar-refractivity contribution < 1.29 is 5.11 Å². The highest BCUT2D eigenvalue weighted by Gasteiger charge is 2.41. The van der Waals surface area contributed by atoms with Gasteiger partial charge in [0.25, 0.3) is 0 Å². The van der Waals surface area contributed by atoms with Crippen molar-refractivity contribution in [3.63, 3.8) is 0 Å². The number of aromatic hydroxyl groups is 1. The van der Waals surface area contributed by atoms with Gasteiger partial charge in [0.05, 0.1) is 0 Å². The summed E-state index contributed by atoms with van der Waals surface area (Å²) in [5.74, 6) is 0.445. The summed E-state index contributed by atoms with van der Waals surface area (Å²) in [6.07, 6.45) is 0. The smallest absolute Gasteiger partial charge is 0.121 e. The van der Waals surface area contributed by atoms with Gasteiger partial charge >= 0.3 is 0 Å². The van der Waals surface area contributed by atoms with Gasteiger partial charge in [-0.15, -0.1) is 11.8 Å². The molecule has 0 amide bonds. The predicted octanol–water partition coefficient (Wildman–Crippen LogP) is 6.12. The molecule has 0 bridgehead atoms. The Morgan fingerprint density at radius 2 is 1.48 bits per heavy atom. The first-order valence-corrected chi connectivity index (χ1v) is 12.5. The van der Waals surface area contributed by atoms with Gasteiger partial charge < -0.3 is 5.11 Å². The van der Waals surface area contributed by atoms with Crippen LogP contribution in [0.4, 0.5) is 0 Å². The third-order valence-electron chi connectivity index (χ3n) is 5.85. The van der Waals surface area contributed by atoms with Crippen LogP contribution in [0.5, 0.6) is 5.75 Å². The molecule has 2 aromatic rings. The molecule has 0 atom stereocenters. The summed E-state index contributed by atoms with van der Waals surface area (Å²) < 4.78 is 0. The number of aryl methyl sites for hydroxylation is 1. The van der Waals surface area contributed by atoms with Crippen molar-refractivity contribution in [3.8, 4) is 5.75 Å². The van der Waals surface area contributed by atoms with E-state index in [0.29, 0.717) is 16.8 Å². The van der Waals surface area contributed by atoms with Crippen molar-refractivity contribution in [1.29, 1.82) is 0 Å². The number of hydrogen-bond acceptors (Lipinski definition) is 2. The lowest BCUT2D eigenvalue weighted by Crippen LogP contribution is -2.55. The topological polar surface area (TPSA) is 20.2 Å². The molecule has 0 heterocycles. The Bertz CT molecular complexity index is 715. The van der Waals surface area contributed by atoms with Gasteiger partial charge in [-0.3, -0.25) is 0 Å². The zero-order valence-electron chi connectivity index (χ0n) is 16.7. The molecule has 0 spiro atoms. The van der Waals surface area contributed by atoms with Crippen LogP contribution < -0.4 is 5.19 Å². The third kappa shape index (κ3) is 3.83. The van der Waals surface area contributed by atoms with E-state index in [4.69, 9.17) is 0 Å². The van der Waals surface area contributed by atoms with Crippen LogP contribution in [0.25, 0.3) is 0 Å². The van der Waals surface area contributed by atoms with Gasteiger partial charge in [0.2, 0.25) is 0 Å². The molecule has 25 heavy (non-hydrogen) atoms. The molecule has 0 aliphatic heterocycles. The van der Waals surface area contributed by atoms with Crippen molar-refractivity contribution in [2.75, 3.05) is 5.38 Å². The van der Waals surface area contributed by atoms with Gasteiger partial charge in [-0.2, -0.15) is 0 Å². The van der Waals surface area contributed by atoms with Gasteiger partial charge in [-0.1, -0.05) is 63.2 Å². The van der Waals surface area contributed by atoms with Crippen LogP contribution in [0.15, 0.2) is 41.3 Å². The van der Waals surface area contributed by atoms with E-state index in [1.165, 1.54) is 15.8 Å². The molecule has 0 aliphatic carbocycles. The van der Waals surface area contributed by atoms with Crippen LogP contribution in [0.1, 0.15) is 44.4 Å². The van der Waals surface area contributed by atoms with Gasteiger partial charge in [0, 0.05) is 4.90 Å². The number of phenolic OH excluding ortho intramolecular Hbond substituents is 1. The van der Waals surface area contributed by atoms with Crippen LogP contribution in [0.3, 0.4) is 0 Å². The Balaban J connectivity index is 2.43. The normalized spacial score (nSPS) is 12.2. The highest BCUT2D eigenvalue weighted by molar-refractivity contribution is 8.01. The summed E-state index contributed by atoms with van der Waals surface area (Å²) in [6, 6.07) is 13.3. The average molecular weight is 373 g/mol. The molecule has 136 valence electrons. The van der Waals surface area contributed by atoms with E-state index >= 15 is 0 Å². The maximum Gasteiger partial charge on any atom is 0.121 e. The lowest BCUT2D eigenvalue weighted by molar-refractivity contribution is 0.465.